The predicted molar refractivity (Wildman–Crippen MR) is 209 cm³/mol. The summed E-state index contributed by atoms with van der Waals surface area (Å²) in [4.78, 5) is 52.5. The summed E-state index contributed by atoms with van der Waals surface area (Å²) >= 11 is 0. The summed E-state index contributed by atoms with van der Waals surface area (Å²) in [6.07, 6.45) is 4.34. The summed E-state index contributed by atoms with van der Waals surface area (Å²) in [5.41, 5.74) is 1.90. The van der Waals surface area contributed by atoms with Crippen molar-refractivity contribution < 1.29 is 63.6 Å². The molecule has 1 saturated heterocycles. The van der Waals surface area contributed by atoms with Crippen LogP contribution >= 0.6 is 0 Å². The highest BCUT2D eigenvalue weighted by Crippen LogP contribution is 2.34. The van der Waals surface area contributed by atoms with E-state index >= 15 is 0 Å². The molecule has 1 saturated carbocycles. The third-order valence-corrected chi connectivity index (χ3v) is 11.2. The zero-order chi connectivity index (χ0) is 42.7. The highest BCUT2D eigenvalue weighted by Gasteiger charge is 2.50. The van der Waals surface area contributed by atoms with Gasteiger partial charge in [0.15, 0.2) is 11.6 Å². The largest absolute Gasteiger partial charge is 0.491 e. The van der Waals surface area contributed by atoms with Crippen LogP contribution in [0.3, 0.4) is 0 Å². The van der Waals surface area contributed by atoms with Crippen LogP contribution in [-0.2, 0) is 29.1 Å². The second-order valence-electron chi connectivity index (χ2n) is 14.9. The van der Waals surface area contributed by atoms with Crippen LogP contribution in [0, 0.1) is 17.7 Å². The number of nitrogens with one attached hydrogen (secondary N) is 2. The normalized spacial score (nSPS) is 22.6. The van der Waals surface area contributed by atoms with Gasteiger partial charge in [-0.3, -0.25) is 19.1 Å². The molecule has 3 heterocycles. The topological polar surface area (TPSA) is 196 Å². The fraction of sp³-hybridized carbons (Fsp3) is 0.605. The number of sulfonamides is 1. The molecule has 4 atom stereocenters. The highest BCUT2D eigenvalue weighted by molar-refractivity contribution is 7.90. The zero-order valence-electron chi connectivity index (χ0n) is 33.0. The minimum absolute atomic E-state index is 0. The van der Waals surface area contributed by atoms with Crippen molar-refractivity contribution in [1.29, 1.82) is 0 Å². The minimum Gasteiger partial charge on any atom is -0.491 e. The Hall–Kier alpha value is -4.68. The number of ether oxygens (including phenoxy) is 3. The number of rotatable bonds is 7. The number of carbonyl (C=O) groups excluding carboxylic acids is 4. The fourth-order valence-electron chi connectivity index (χ4n) is 6.21. The number of pyridine rings is 1. The van der Waals surface area contributed by atoms with Crippen LogP contribution < -0.4 is 25.2 Å². The first-order valence-electron chi connectivity index (χ1n) is 18.7. The number of hydrogen-bond acceptors (Lipinski definition) is 10. The Morgan fingerprint density at radius 3 is 2.35 bits per heavy atom. The summed E-state index contributed by atoms with van der Waals surface area (Å²) in [6, 6.07) is 4.15. The number of halogens is 4. The van der Waals surface area contributed by atoms with Crippen LogP contribution in [0.1, 0.15) is 90.8 Å². The number of hydrogen-bond donors (Lipinski definition) is 3. The minimum atomic E-state index is -4.60. The number of aromatic nitrogens is 1. The molecule has 3 aliphatic rings. The van der Waals surface area contributed by atoms with E-state index in [0.717, 1.165) is 38.5 Å². The van der Waals surface area contributed by atoms with Crippen LogP contribution in [0.2, 0.25) is 0 Å². The van der Waals surface area contributed by atoms with Gasteiger partial charge in [-0.15, -0.1) is 0 Å². The average Bonchev–Trinajstić information content (AvgIpc) is 3.87. The van der Waals surface area contributed by atoms with Gasteiger partial charge in [-0.2, -0.15) is 13.2 Å². The number of nitrogens with two attached hydrogens (primary N) is 1. The monoisotopic (exact) mass is 837 g/mol. The molecule has 57 heavy (non-hydrogen) atoms. The molecule has 0 unspecified atom stereocenters. The molecule has 324 valence electrons. The van der Waals surface area contributed by atoms with Gasteiger partial charge in [0.05, 0.1) is 18.4 Å². The quantitative estimate of drug-likeness (QED) is 0.207. The van der Waals surface area contributed by atoms with E-state index in [0.29, 0.717) is 50.1 Å². The number of alkyl halides is 3. The van der Waals surface area contributed by atoms with Crippen molar-refractivity contribution in [2.24, 2.45) is 17.6 Å². The lowest BCUT2D eigenvalue weighted by Crippen LogP contribution is -2.46. The number of allylic oxidation sites excluding steroid dienone is 1. The maximum atomic E-state index is 14.6. The maximum Gasteiger partial charge on any atom is 0.427 e. The molecule has 1 aliphatic carbocycles. The molecule has 0 spiro atoms. The maximum absolute atomic E-state index is 14.6. The van der Waals surface area contributed by atoms with Gasteiger partial charge in [0.2, 0.25) is 39.2 Å². The third kappa shape index (κ3) is 14.3. The first-order chi connectivity index (χ1) is 26.5. The Morgan fingerprint density at radius 2 is 1.77 bits per heavy atom. The Bertz CT molecular complexity index is 1890. The van der Waals surface area contributed by atoms with E-state index in [9.17, 15) is 45.2 Å². The van der Waals surface area contributed by atoms with Crippen LogP contribution in [-0.4, -0.2) is 91.0 Å². The van der Waals surface area contributed by atoms with E-state index in [-0.39, 0.29) is 45.4 Å². The standard InChI is InChI=1S/C28H36FN3O4.C5H8F3NO2.C5H9NO3S.3H2/c1-4-35-25-14-20-9-11-31-28(22(20)16-23(25)29)36-21-15-24-27(34)30-10-7-5-6-8-18(2)12-19(3)13-26(33)32(24)17-21;1-4(2,5(6,7)8)11-3(9)10;1-4(7)6-10(8,9)5-2-3-5;;;/h5,7,9,11,14,16,18-19,21,24H,4,6,8,10,12-13,15,17H2,1-3H3,(H,30,34);1-2H3,(H2,9,10);5H,2-3H2,1H3,(H,6,7);3*1H/b7-5-;;;;;/t18-,19-,21-,24+;;;;;/m1...../s1. The molecule has 2 fully saturated rings. The van der Waals surface area contributed by atoms with Crippen molar-refractivity contribution in [3.8, 4) is 11.6 Å². The summed E-state index contributed by atoms with van der Waals surface area (Å²) in [6.45, 7) is 9.83. The summed E-state index contributed by atoms with van der Waals surface area (Å²) in [5, 5.41) is 3.89. The van der Waals surface area contributed by atoms with Crippen molar-refractivity contribution in [3.05, 3.63) is 42.4 Å². The lowest BCUT2D eigenvalue weighted by Gasteiger charge is -2.26. The Kier molecular flexibility index (Phi) is 16.5. The van der Waals surface area contributed by atoms with Gasteiger partial charge in [-0.25, -0.2) is 22.6 Å². The fourth-order valence-corrected chi connectivity index (χ4v) is 7.53. The molecule has 14 nitrogen and oxygen atoms in total. The van der Waals surface area contributed by atoms with E-state index in [1.807, 2.05) is 10.8 Å². The summed E-state index contributed by atoms with van der Waals surface area (Å²) in [5.74, 6) is -0.000694. The first kappa shape index (κ1) is 46.7. The summed E-state index contributed by atoms with van der Waals surface area (Å²) in [7, 11) is -3.29. The number of nitrogens with zero attached hydrogens (tertiary/aromatic N) is 2. The van der Waals surface area contributed by atoms with Crippen molar-refractivity contribution in [3.63, 3.8) is 0 Å². The van der Waals surface area contributed by atoms with E-state index in [1.54, 1.807) is 30.2 Å². The number of amides is 4. The third-order valence-electron chi connectivity index (χ3n) is 9.25. The lowest BCUT2D eigenvalue weighted by atomic mass is 9.91. The van der Waals surface area contributed by atoms with Gasteiger partial charge in [0.25, 0.3) is 0 Å². The first-order valence-corrected chi connectivity index (χ1v) is 20.3. The molecule has 4 amide bonds. The van der Waals surface area contributed by atoms with Crippen LogP contribution in [0.25, 0.3) is 10.8 Å². The van der Waals surface area contributed by atoms with E-state index in [4.69, 9.17) is 9.47 Å². The van der Waals surface area contributed by atoms with Gasteiger partial charge in [-0.1, -0.05) is 26.0 Å². The molecule has 1 aromatic carbocycles. The molecule has 4 N–H and O–H groups in total. The number of fused-ring (bicyclic) bond motifs is 2. The van der Waals surface area contributed by atoms with Gasteiger partial charge >= 0.3 is 12.3 Å². The SMILES string of the molecule is CC(=O)NS(=O)(=O)C1CC1.CC(C)(OC(N)=O)C(F)(F)F.CCOc1cc2ccnc(O[C@@H]3C[C@H]4C(=O)NC/C=C\CC[C@@H](C)C[C@@H](C)CC(=O)N4C3)c2cc1F.[HH].[HH].[HH]. The number of benzene rings is 1. The van der Waals surface area contributed by atoms with Crippen molar-refractivity contribution >= 4 is 44.6 Å². The predicted octanol–water partition coefficient (Wildman–Crippen LogP) is 6.41. The van der Waals surface area contributed by atoms with Gasteiger partial charge < -0.3 is 30.2 Å². The van der Waals surface area contributed by atoms with E-state index in [2.05, 4.69) is 40.7 Å². The Labute approximate surface area is 334 Å². The van der Waals surface area contributed by atoms with Gasteiger partial charge in [-0.05, 0) is 88.3 Å². The average molecular weight is 838 g/mol. The molecule has 2 aliphatic heterocycles. The molecule has 5 rings (SSSR count). The highest BCUT2D eigenvalue weighted by atomic mass is 32.2. The number of carbonyl (C=O) groups is 4. The lowest BCUT2D eigenvalue weighted by molar-refractivity contribution is -0.243. The molecule has 19 heteroatoms. The van der Waals surface area contributed by atoms with Crippen LogP contribution in [0.4, 0.5) is 22.4 Å². The Balaban J connectivity index is 0.00000120. The van der Waals surface area contributed by atoms with E-state index in [1.165, 1.54) is 13.0 Å². The molecule has 2 aromatic rings. The molecule has 0 bridgehead atoms. The van der Waals surface area contributed by atoms with Crippen molar-refractivity contribution in [1.82, 2.24) is 19.9 Å². The molecular formula is C38H59F4N5O9S. The Morgan fingerprint density at radius 1 is 1.09 bits per heavy atom. The number of primary amides is 1. The smallest absolute Gasteiger partial charge is 0.427 e. The summed E-state index contributed by atoms with van der Waals surface area (Å²) < 4.78 is 89.2. The second kappa shape index (κ2) is 20.1. The molecular weight excluding hydrogens is 779 g/mol. The second-order valence-corrected chi connectivity index (χ2v) is 16.8. The van der Waals surface area contributed by atoms with Gasteiger partial charge in [0, 0.05) is 42.2 Å². The van der Waals surface area contributed by atoms with Crippen molar-refractivity contribution in [2.45, 2.75) is 116 Å². The van der Waals surface area contributed by atoms with Crippen molar-refractivity contribution in [2.75, 3.05) is 19.7 Å². The molecule has 0 radical (unpaired) electrons. The van der Waals surface area contributed by atoms with Crippen LogP contribution in [0.15, 0.2) is 36.5 Å². The van der Waals surface area contributed by atoms with Gasteiger partial charge in [0.1, 0.15) is 12.1 Å². The van der Waals surface area contributed by atoms with Crippen LogP contribution in [0.5, 0.6) is 11.6 Å². The molecule has 1 aromatic heterocycles. The van der Waals surface area contributed by atoms with E-state index < -0.39 is 51.8 Å². The zero-order valence-corrected chi connectivity index (χ0v) is 33.8.